The number of nitrogens with one attached hydrogen (secondary N) is 1. The van der Waals surface area contributed by atoms with Gasteiger partial charge in [-0.1, -0.05) is 45.7 Å². The van der Waals surface area contributed by atoms with Gasteiger partial charge in [0.05, 0.1) is 6.04 Å². The molecule has 0 bridgehead atoms. The number of rotatable bonds is 6. The Morgan fingerprint density at radius 1 is 1.33 bits per heavy atom. The predicted molar refractivity (Wildman–Crippen MR) is 90.5 cm³/mol. The smallest absolute Gasteiger partial charge is 0.138 e. The maximum Gasteiger partial charge on any atom is 0.138 e. The first-order chi connectivity index (χ1) is 10.0. The molecule has 1 aromatic heterocycles. The molecule has 3 N–H and O–H groups in total. The molecule has 5 nitrogen and oxygen atoms in total. The highest BCUT2D eigenvalue weighted by atomic mass is 79.9. The van der Waals surface area contributed by atoms with E-state index in [-0.39, 0.29) is 6.04 Å². The molecule has 0 aliphatic heterocycles. The first kappa shape index (κ1) is 16.6. The van der Waals surface area contributed by atoms with Crippen molar-refractivity contribution in [2.75, 3.05) is 0 Å². The van der Waals surface area contributed by atoms with Crippen molar-refractivity contribution in [1.29, 1.82) is 0 Å². The molecule has 0 fully saturated rings. The van der Waals surface area contributed by atoms with Gasteiger partial charge in [0, 0.05) is 21.9 Å². The van der Waals surface area contributed by atoms with E-state index in [1.54, 1.807) is 6.33 Å². The molecule has 2 aromatic rings. The Morgan fingerprint density at radius 3 is 2.76 bits per heavy atom. The molecule has 1 atom stereocenters. The number of benzene rings is 1. The summed E-state index contributed by atoms with van der Waals surface area (Å²) in [5.41, 5.74) is 3.96. The normalized spacial score (nSPS) is 12.9. The Labute approximate surface area is 141 Å². The molecule has 1 heterocycles. The Kier molecular flexibility index (Phi) is 5.92. The highest BCUT2D eigenvalue weighted by Gasteiger charge is 2.18. The van der Waals surface area contributed by atoms with Crippen LogP contribution in [0.25, 0.3) is 0 Å². The SMILES string of the molecule is CC(C)Cn1ncnc1CC(NN)c1cc(Br)ccc1Br. The first-order valence-corrected chi connectivity index (χ1v) is 8.37. The number of nitrogens with zero attached hydrogens (tertiary/aromatic N) is 3. The minimum absolute atomic E-state index is 0.0352. The lowest BCUT2D eigenvalue weighted by atomic mass is 10.0. The van der Waals surface area contributed by atoms with E-state index in [1.807, 2.05) is 16.8 Å². The highest BCUT2D eigenvalue weighted by Crippen LogP contribution is 2.28. The van der Waals surface area contributed by atoms with Crippen molar-refractivity contribution in [1.82, 2.24) is 20.2 Å². The molecule has 1 aromatic carbocycles. The standard InChI is InChI=1S/C14H19Br2N5/c1-9(2)7-21-14(18-8-19-21)6-13(20-17)11-5-10(15)3-4-12(11)16/h3-5,8-9,13,20H,6-7,17H2,1-2H3. The molecule has 114 valence electrons. The molecule has 2 rings (SSSR count). The van der Waals surface area contributed by atoms with Gasteiger partial charge in [-0.15, -0.1) is 0 Å². The number of hydrogen-bond donors (Lipinski definition) is 2. The van der Waals surface area contributed by atoms with Crippen LogP contribution in [0, 0.1) is 5.92 Å². The highest BCUT2D eigenvalue weighted by molar-refractivity contribution is 9.11. The number of hydrazine groups is 1. The van der Waals surface area contributed by atoms with E-state index in [9.17, 15) is 0 Å². The summed E-state index contributed by atoms with van der Waals surface area (Å²) in [4.78, 5) is 4.36. The van der Waals surface area contributed by atoms with Crippen LogP contribution < -0.4 is 11.3 Å². The van der Waals surface area contributed by atoms with Gasteiger partial charge in [-0.2, -0.15) is 5.10 Å². The molecular formula is C14H19Br2N5. The van der Waals surface area contributed by atoms with Gasteiger partial charge in [0.25, 0.3) is 0 Å². The summed E-state index contributed by atoms with van der Waals surface area (Å²) < 4.78 is 3.98. The van der Waals surface area contributed by atoms with Crippen molar-refractivity contribution in [3.63, 3.8) is 0 Å². The molecule has 0 amide bonds. The van der Waals surface area contributed by atoms with E-state index in [1.165, 1.54) is 0 Å². The van der Waals surface area contributed by atoms with E-state index < -0.39 is 0 Å². The summed E-state index contributed by atoms with van der Waals surface area (Å²) >= 11 is 7.07. The van der Waals surface area contributed by atoms with Gasteiger partial charge in [-0.05, 0) is 29.7 Å². The molecule has 0 aliphatic carbocycles. The van der Waals surface area contributed by atoms with Gasteiger partial charge >= 0.3 is 0 Å². The zero-order valence-electron chi connectivity index (χ0n) is 12.1. The maximum absolute atomic E-state index is 5.75. The minimum atomic E-state index is -0.0352. The molecule has 0 saturated carbocycles. The van der Waals surface area contributed by atoms with E-state index in [0.717, 1.165) is 26.9 Å². The van der Waals surface area contributed by atoms with Crippen LogP contribution in [0.5, 0.6) is 0 Å². The molecule has 7 heteroatoms. The second-order valence-electron chi connectivity index (χ2n) is 5.34. The van der Waals surface area contributed by atoms with E-state index in [0.29, 0.717) is 12.3 Å². The second kappa shape index (κ2) is 7.49. The Balaban J connectivity index is 2.23. The van der Waals surface area contributed by atoms with Crippen LogP contribution >= 0.6 is 31.9 Å². The van der Waals surface area contributed by atoms with Crippen LogP contribution in [0.15, 0.2) is 33.5 Å². The van der Waals surface area contributed by atoms with Crippen LogP contribution in [0.2, 0.25) is 0 Å². The maximum atomic E-state index is 5.75. The average molecular weight is 417 g/mol. The summed E-state index contributed by atoms with van der Waals surface area (Å²) in [6.07, 6.45) is 2.28. The molecule has 0 spiro atoms. The Morgan fingerprint density at radius 2 is 2.10 bits per heavy atom. The van der Waals surface area contributed by atoms with Crippen LogP contribution in [-0.2, 0) is 13.0 Å². The quantitative estimate of drug-likeness (QED) is 0.560. The summed E-state index contributed by atoms with van der Waals surface area (Å²) in [5, 5.41) is 4.29. The Hall–Kier alpha value is -0.760. The monoisotopic (exact) mass is 415 g/mol. The van der Waals surface area contributed by atoms with Gasteiger partial charge < -0.3 is 0 Å². The number of aromatic nitrogens is 3. The average Bonchev–Trinajstić information content (AvgIpc) is 2.85. The second-order valence-corrected chi connectivity index (χ2v) is 7.11. The third-order valence-electron chi connectivity index (χ3n) is 3.16. The van der Waals surface area contributed by atoms with Crippen LogP contribution in [0.4, 0.5) is 0 Å². The lowest BCUT2D eigenvalue weighted by Crippen LogP contribution is -2.31. The molecule has 21 heavy (non-hydrogen) atoms. The summed E-state index contributed by atoms with van der Waals surface area (Å²) in [6.45, 7) is 5.18. The zero-order valence-corrected chi connectivity index (χ0v) is 15.2. The van der Waals surface area contributed by atoms with Crippen LogP contribution in [0.3, 0.4) is 0 Å². The van der Waals surface area contributed by atoms with Gasteiger partial charge in [-0.3, -0.25) is 11.3 Å². The van der Waals surface area contributed by atoms with Gasteiger partial charge in [-0.25, -0.2) is 9.67 Å². The zero-order chi connectivity index (χ0) is 15.4. The minimum Gasteiger partial charge on any atom is -0.271 e. The van der Waals surface area contributed by atoms with Crippen molar-refractivity contribution in [2.45, 2.75) is 32.9 Å². The van der Waals surface area contributed by atoms with E-state index >= 15 is 0 Å². The predicted octanol–water partition coefficient (Wildman–Crippen LogP) is 3.21. The molecular weight excluding hydrogens is 398 g/mol. The topological polar surface area (TPSA) is 68.8 Å². The van der Waals surface area contributed by atoms with Crippen molar-refractivity contribution >= 4 is 31.9 Å². The van der Waals surface area contributed by atoms with E-state index in [4.69, 9.17) is 5.84 Å². The van der Waals surface area contributed by atoms with Crippen LogP contribution in [0.1, 0.15) is 31.3 Å². The van der Waals surface area contributed by atoms with Crippen molar-refractivity contribution in [3.05, 3.63) is 44.9 Å². The lowest BCUT2D eigenvalue weighted by molar-refractivity contribution is 0.446. The lowest BCUT2D eigenvalue weighted by Gasteiger charge is -2.18. The molecule has 0 aliphatic rings. The largest absolute Gasteiger partial charge is 0.271 e. The van der Waals surface area contributed by atoms with Crippen molar-refractivity contribution in [2.24, 2.45) is 11.8 Å². The third kappa shape index (κ3) is 4.35. The van der Waals surface area contributed by atoms with Crippen LogP contribution in [-0.4, -0.2) is 14.8 Å². The van der Waals surface area contributed by atoms with Gasteiger partial charge in [0.15, 0.2) is 0 Å². The van der Waals surface area contributed by atoms with Gasteiger partial charge in [0.1, 0.15) is 12.2 Å². The summed E-state index contributed by atoms with van der Waals surface area (Å²) in [6, 6.07) is 6.01. The number of halogens is 2. The molecule has 0 saturated heterocycles. The fourth-order valence-corrected chi connectivity index (χ4v) is 3.07. The number of nitrogens with two attached hydrogens (primary N) is 1. The number of hydrogen-bond acceptors (Lipinski definition) is 4. The molecule has 0 radical (unpaired) electrons. The molecule has 1 unspecified atom stereocenters. The van der Waals surface area contributed by atoms with E-state index in [2.05, 4.69) is 67.3 Å². The third-order valence-corrected chi connectivity index (χ3v) is 4.37. The summed E-state index contributed by atoms with van der Waals surface area (Å²) in [7, 11) is 0. The summed E-state index contributed by atoms with van der Waals surface area (Å²) in [5.74, 6) is 7.20. The fourth-order valence-electron chi connectivity index (χ4n) is 2.17. The fraction of sp³-hybridized carbons (Fsp3) is 0.429. The Bertz CT molecular complexity index is 597. The van der Waals surface area contributed by atoms with Crippen molar-refractivity contribution < 1.29 is 0 Å². The first-order valence-electron chi connectivity index (χ1n) is 6.79. The van der Waals surface area contributed by atoms with Gasteiger partial charge in [0.2, 0.25) is 0 Å². The van der Waals surface area contributed by atoms with Crippen molar-refractivity contribution in [3.8, 4) is 0 Å².